The predicted octanol–water partition coefficient (Wildman–Crippen LogP) is 4.37. The summed E-state index contributed by atoms with van der Waals surface area (Å²) in [5, 5.41) is 0. The van der Waals surface area contributed by atoms with Crippen molar-refractivity contribution in [3.63, 3.8) is 0 Å². The van der Waals surface area contributed by atoms with E-state index < -0.39 is 18.6 Å². The minimum Gasteiger partial charge on any atom is -0.484 e. The van der Waals surface area contributed by atoms with Crippen LogP contribution >= 0.6 is 0 Å². The standard InChI is InChI=1S/C15H10F4O3/c16-11-1-6-14(10(7-11)8-20)22-13-4-2-12(3-5-13)21-9-15(17,18)19/h1-8H,9H2. The van der Waals surface area contributed by atoms with Crippen LogP contribution in [-0.2, 0) is 0 Å². The smallest absolute Gasteiger partial charge is 0.422 e. The van der Waals surface area contributed by atoms with Gasteiger partial charge in [0.15, 0.2) is 12.9 Å². The van der Waals surface area contributed by atoms with E-state index in [0.29, 0.717) is 6.29 Å². The van der Waals surface area contributed by atoms with E-state index in [4.69, 9.17) is 4.74 Å². The summed E-state index contributed by atoms with van der Waals surface area (Å²) in [5.41, 5.74) is 0.0254. The molecule has 3 nitrogen and oxygen atoms in total. The first-order valence-electron chi connectivity index (χ1n) is 6.09. The molecule has 0 amide bonds. The first kappa shape index (κ1) is 15.8. The van der Waals surface area contributed by atoms with Crippen LogP contribution in [0.3, 0.4) is 0 Å². The molecular weight excluding hydrogens is 304 g/mol. The lowest BCUT2D eigenvalue weighted by Crippen LogP contribution is -2.19. The molecule has 7 heteroatoms. The third-order valence-corrected chi connectivity index (χ3v) is 2.55. The number of carbonyl (C=O) groups excluding carboxylic acids is 1. The summed E-state index contributed by atoms with van der Waals surface area (Å²) in [6, 6.07) is 8.78. The highest BCUT2D eigenvalue weighted by atomic mass is 19.4. The number of ether oxygens (including phenoxy) is 2. The van der Waals surface area contributed by atoms with Crippen molar-refractivity contribution < 1.29 is 31.8 Å². The third kappa shape index (κ3) is 4.47. The Bertz CT molecular complexity index is 651. The molecule has 0 aliphatic rings. The fourth-order valence-corrected chi connectivity index (χ4v) is 1.60. The van der Waals surface area contributed by atoms with Crippen LogP contribution in [0, 0.1) is 5.82 Å². The van der Waals surface area contributed by atoms with Gasteiger partial charge < -0.3 is 9.47 Å². The molecule has 116 valence electrons. The highest BCUT2D eigenvalue weighted by molar-refractivity contribution is 5.79. The molecule has 0 bridgehead atoms. The van der Waals surface area contributed by atoms with Gasteiger partial charge in [0.05, 0.1) is 5.56 Å². The molecule has 0 unspecified atom stereocenters. The number of rotatable bonds is 5. The summed E-state index contributed by atoms with van der Waals surface area (Å²) >= 11 is 0. The fourth-order valence-electron chi connectivity index (χ4n) is 1.60. The Balaban J connectivity index is 2.07. The average Bonchev–Trinajstić information content (AvgIpc) is 2.47. The van der Waals surface area contributed by atoms with E-state index in [2.05, 4.69) is 4.74 Å². The number of alkyl halides is 3. The third-order valence-electron chi connectivity index (χ3n) is 2.55. The highest BCUT2D eigenvalue weighted by Gasteiger charge is 2.28. The van der Waals surface area contributed by atoms with Gasteiger partial charge in [-0.2, -0.15) is 13.2 Å². The Morgan fingerprint density at radius 2 is 1.64 bits per heavy atom. The van der Waals surface area contributed by atoms with E-state index in [-0.39, 0.29) is 22.8 Å². The van der Waals surface area contributed by atoms with Crippen molar-refractivity contribution in [3.8, 4) is 17.2 Å². The Hall–Kier alpha value is -2.57. The van der Waals surface area contributed by atoms with Gasteiger partial charge in [0, 0.05) is 0 Å². The van der Waals surface area contributed by atoms with Crippen molar-refractivity contribution in [1.29, 1.82) is 0 Å². The molecule has 2 aromatic rings. The second kappa shape index (κ2) is 6.46. The van der Waals surface area contributed by atoms with Gasteiger partial charge in [0.1, 0.15) is 23.1 Å². The first-order chi connectivity index (χ1) is 10.4. The topological polar surface area (TPSA) is 35.5 Å². The van der Waals surface area contributed by atoms with Crippen LogP contribution < -0.4 is 9.47 Å². The van der Waals surface area contributed by atoms with E-state index in [0.717, 1.165) is 12.1 Å². The maximum absolute atomic E-state index is 13.0. The molecule has 22 heavy (non-hydrogen) atoms. The minimum atomic E-state index is -4.41. The van der Waals surface area contributed by atoms with Crippen LogP contribution in [0.4, 0.5) is 17.6 Å². The molecule has 2 aromatic carbocycles. The van der Waals surface area contributed by atoms with E-state index in [1.54, 1.807) is 0 Å². The summed E-state index contributed by atoms with van der Waals surface area (Å²) in [6.45, 7) is -1.39. The average molecular weight is 314 g/mol. The zero-order valence-corrected chi connectivity index (χ0v) is 11.1. The molecule has 0 fully saturated rings. The van der Waals surface area contributed by atoms with Crippen molar-refractivity contribution in [1.82, 2.24) is 0 Å². The van der Waals surface area contributed by atoms with Gasteiger partial charge in [-0.15, -0.1) is 0 Å². The Morgan fingerprint density at radius 1 is 1.00 bits per heavy atom. The van der Waals surface area contributed by atoms with Gasteiger partial charge in [-0.05, 0) is 42.5 Å². The van der Waals surface area contributed by atoms with Crippen LogP contribution in [0.15, 0.2) is 42.5 Å². The van der Waals surface area contributed by atoms with Gasteiger partial charge >= 0.3 is 6.18 Å². The molecule has 0 heterocycles. The van der Waals surface area contributed by atoms with Crippen LogP contribution in [0.1, 0.15) is 10.4 Å². The molecule has 0 N–H and O–H groups in total. The van der Waals surface area contributed by atoms with E-state index >= 15 is 0 Å². The predicted molar refractivity (Wildman–Crippen MR) is 69.9 cm³/mol. The zero-order valence-electron chi connectivity index (χ0n) is 11.1. The van der Waals surface area contributed by atoms with E-state index in [1.807, 2.05) is 0 Å². The molecule has 0 aliphatic heterocycles. The number of benzene rings is 2. The van der Waals surface area contributed by atoms with Crippen molar-refractivity contribution in [3.05, 3.63) is 53.8 Å². The Morgan fingerprint density at radius 3 is 2.23 bits per heavy atom. The highest BCUT2D eigenvalue weighted by Crippen LogP contribution is 2.27. The van der Waals surface area contributed by atoms with E-state index in [9.17, 15) is 22.4 Å². The lowest BCUT2D eigenvalue weighted by atomic mass is 10.2. The molecule has 0 spiro atoms. The molecule has 0 aromatic heterocycles. The number of halogens is 4. The van der Waals surface area contributed by atoms with Crippen molar-refractivity contribution in [2.24, 2.45) is 0 Å². The SMILES string of the molecule is O=Cc1cc(F)ccc1Oc1ccc(OCC(F)(F)F)cc1. The first-order valence-corrected chi connectivity index (χ1v) is 6.09. The molecular formula is C15H10F4O3. The molecule has 2 rings (SSSR count). The summed E-state index contributed by atoms with van der Waals surface area (Å²) in [6.07, 6.45) is -3.97. The lowest BCUT2D eigenvalue weighted by Gasteiger charge is -2.11. The van der Waals surface area contributed by atoms with Crippen molar-refractivity contribution in [2.45, 2.75) is 6.18 Å². The number of hydrogen-bond acceptors (Lipinski definition) is 3. The van der Waals surface area contributed by atoms with Crippen molar-refractivity contribution >= 4 is 6.29 Å². The van der Waals surface area contributed by atoms with Crippen molar-refractivity contribution in [2.75, 3.05) is 6.61 Å². The molecule has 0 atom stereocenters. The molecule has 0 aliphatic carbocycles. The van der Waals surface area contributed by atoms with Crippen LogP contribution in [-0.4, -0.2) is 19.1 Å². The van der Waals surface area contributed by atoms with Crippen LogP contribution in [0.25, 0.3) is 0 Å². The molecule has 0 radical (unpaired) electrons. The number of hydrogen-bond donors (Lipinski definition) is 0. The Labute approximate surface area is 123 Å². The largest absolute Gasteiger partial charge is 0.484 e. The second-order valence-corrected chi connectivity index (χ2v) is 4.28. The van der Waals surface area contributed by atoms with Gasteiger partial charge in [-0.1, -0.05) is 0 Å². The fraction of sp³-hybridized carbons (Fsp3) is 0.133. The van der Waals surface area contributed by atoms with Crippen LogP contribution in [0.5, 0.6) is 17.2 Å². The second-order valence-electron chi connectivity index (χ2n) is 4.28. The zero-order chi connectivity index (χ0) is 16.2. The van der Waals surface area contributed by atoms with Gasteiger partial charge in [-0.25, -0.2) is 4.39 Å². The maximum Gasteiger partial charge on any atom is 0.422 e. The summed E-state index contributed by atoms with van der Waals surface area (Å²) in [5.74, 6) is -0.140. The summed E-state index contributed by atoms with van der Waals surface area (Å²) in [7, 11) is 0. The van der Waals surface area contributed by atoms with Gasteiger partial charge in [-0.3, -0.25) is 4.79 Å². The number of aldehydes is 1. The lowest BCUT2D eigenvalue weighted by molar-refractivity contribution is -0.153. The van der Waals surface area contributed by atoms with Crippen LogP contribution in [0.2, 0.25) is 0 Å². The van der Waals surface area contributed by atoms with Gasteiger partial charge in [0.25, 0.3) is 0 Å². The van der Waals surface area contributed by atoms with Gasteiger partial charge in [0.2, 0.25) is 0 Å². The normalized spacial score (nSPS) is 11.1. The summed E-state index contributed by atoms with van der Waals surface area (Å²) in [4.78, 5) is 10.8. The molecule has 0 saturated heterocycles. The maximum atomic E-state index is 13.0. The minimum absolute atomic E-state index is 0.0254. The molecule has 0 saturated carbocycles. The number of carbonyl (C=O) groups is 1. The van der Waals surface area contributed by atoms with E-state index in [1.165, 1.54) is 30.3 Å². The summed E-state index contributed by atoms with van der Waals surface area (Å²) < 4.78 is 58.9. The Kier molecular flexibility index (Phi) is 4.65. The monoisotopic (exact) mass is 314 g/mol. The quantitative estimate of drug-likeness (QED) is 0.607.